The molecule has 0 aliphatic heterocycles. The van der Waals surface area contributed by atoms with Crippen LogP contribution in [0.5, 0.6) is 0 Å². The van der Waals surface area contributed by atoms with Crippen LogP contribution in [0, 0.1) is 17.3 Å². The minimum absolute atomic E-state index is 0.0116. The fourth-order valence-electron chi connectivity index (χ4n) is 4.90. The van der Waals surface area contributed by atoms with Gasteiger partial charge in [0.15, 0.2) is 11.5 Å². The molecule has 0 aromatic carbocycles. The summed E-state index contributed by atoms with van der Waals surface area (Å²) in [4.78, 5) is 42.1. The number of amides is 1. The van der Waals surface area contributed by atoms with Gasteiger partial charge in [0.05, 0.1) is 51.3 Å². The Bertz CT molecular complexity index is 1310. The van der Waals surface area contributed by atoms with Crippen molar-refractivity contribution in [3.63, 3.8) is 0 Å². The van der Waals surface area contributed by atoms with E-state index < -0.39 is 77.7 Å². The average molecular weight is 631 g/mol. The molecule has 2 heterocycles. The monoisotopic (exact) mass is 630 g/mol. The molecule has 0 bridgehead atoms. The molecule has 0 radical (unpaired) electrons. The van der Waals surface area contributed by atoms with Crippen LogP contribution in [0.1, 0.15) is 72.5 Å². The van der Waals surface area contributed by atoms with Crippen LogP contribution in [-0.4, -0.2) is 61.7 Å². The van der Waals surface area contributed by atoms with E-state index in [9.17, 15) is 45.8 Å². The molecule has 1 fully saturated rings. The number of ketones is 1. The lowest BCUT2D eigenvalue weighted by Gasteiger charge is -2.34. The molecule has 1 aliphatic carbocycles. The highest BCUT2D eigenvalue weighted by Crippen LogP contribution is 2.42. The maximum atomic E-state index is 14.4. The number of carbonyl (C=O) groups is 3. The zero-order valence-electron chi connectivity index (χ0n) is 22.0. The molecular weight excluding hydrogens is 605 g/mol. The number of hydrogen-bond donors (Lipinski definition) is 1. The second kappa shape index (κ2) is 11.8. The maximum Gasteiger partial charge on any atom is 0.433 e. The lowest BCUT2D eigenvalue weighted by Crippen LogP contribution is -2.48. The van der Waals surface area contributed by atoms with Gasteiger partial charge in [-0.15, -0.1) is 0 Å². The van der Waals surface area contributed by atoms with Crippen molar-refractivity contribution in [2.24, 2.45) is 17.3 Å². The topological polar surface area (TPSA) is 105 Å². The van der Waals surface area contributed by atoms with Crippen LogP contribution in [0.3, 0.4) is 0 Å². The molecule has 2 aromatic rings. The van der Waals surface area contributed by atoms with Crippen molar-refractivity contribution >= 4 is 40.9 Å². The first-order valence-electron chi connectivity index (χ1n) is 12.3. The molecule has 0 spiro atoms. The van der Waals surface area contributed by atoms with Gasteiger partial charge in [-0.2, -0.15) is 31.4 Å². The van der Waals surface area contributed by atoms with Crippen molar-refractivity contribution in [3.05, 3.63) is 45.5 Å². The third kappa shape index (κ3) is 6.96. The first-order chi connectivity index (χ1) is 18.8. The van der Waals surface area contributed by atoms with E-state index in [1.54, 1.807) is 6.92 Å². The number of alkyl halides is 6. The summed E-state index contributed by atoms with van der Waals surface area (Å²) in [6, 6.07) is -0.921. The molecule has 1 aliphatic rings. The number of Topliss-reactive ketones (excluding diaryl/α,β-unsaturated/α-hetero) is 1. The molecule has 16 heteroatoms. The van der Waals surface area contributed by atoms with Crippen molar-refractivity contribution < 1.29 is 45.8 Å². The fraction of sp³-hybridized carbons (Fsp3) is 0.560. The first kappa shape index (κ1) is 32.6. The van der Waals surface area contributed by atoms with E-state index >= 15 is 0 Å². The largest absolute Gasteiger partial charge is 0.481 e. The van der Waals surface area contributed by atoms with Crippen LogP contribution in [0.4, 0.5) is 26.3 Å². The molecular formula is C25H26Cl2F6N4O4. The van der Waals surface area contributed by atoms with E-state index in [1.807, 2.05) is 0 Å². The van der Waals surface area contributed by atoms with Crippen LogP contribution in [0.25, 0.3) is 0 Å². The summed E-state index contributed by atoms with van der Waals surface area (Å²) < 4.78 is 85.0. The molecule has 8 nitrogen and oxygen atoms in total. The third-order valence-electron chi connectivity index (χ3n) is 7.21. The molecule has 3 unspecified atom stereocenters. The molecule has 2 aromatic heterocycles. The molecule has 1 N–H and O–H groups in total. The number of halogens is 8. The standard InChI is InChI=1S/C25H26Cl2F6N4O4/c1-12-6-13(4-5-14(12)22(40)41)37-20(24(28,29)30)15(7-35-37)21(39)36(11-23(2,3)25(31,32)33)10-18(38)19-16(26)8-34-9-17(19)27/h7-9,12-14H,4-6,10-11H2,1-3H3,(H,40,41). The van der Waals surface area contributed by atoms with Crippen LogP contribution in [0.15, 0.2) is 18.6 Å². The summed E-state index contributed by atoms with van der Waals surface area (Å²) in [6.45, 7) is 0.798. The van der Waals surface area contributed by atoms with Gasteiger partial charge < -0.3 is 10.0 Å². The predicted octanol–water partition coefficient (Wildman–Crippen LogP) is 6.58. The summed E-state index contributed by atoms with van der Waals surface area (Å²) in [6.07, 6.45) is -7.28. The molecule has 3 rings (SSSR count). The Morgan fingerprint density at radius 1 is 1.05 bits per heavy atom. The second-order valence-corrected chi connectivity index (χ2v) is 11.5. The number of nitrogens with zero attached hydrogens (tertiary/aromatic N) is 4. The Morgan fingerprint density at radius 3 is 2.12 bits per heavy atom. The van der Waals surface area contributed by atoms with E-state index in [1.165, 1.54) is 0 Å². The highest BCUT2D eigenvalue weighted by atomic mass is 35.5. The van der Waals surface area contributed by atoms with E-state index in [0.717, 1.165) is 26.2 Å². The molecule has 226 valence electrons. The minimum Gasteiger partial charge on any atom is -0.481 e. The van der Waals surface area contributed by atoms with Gasteiger partial charge in [0.1, 0.15) is 0 Å². The van der Waals surface area contributed by atoms with Crippen molar-refractivity contribution in [3.8, 4) is 0 Å². The van der Waals surface area contributed by atoms with Gasteiger partial charge in [0, 0.05) is 18.9 Å². The van der Waals surface area contributed by atoms with Crippen LogP contribution >= 0.6 is 23.2 Å². The number of aromatic nitrogens is 3. The number of aliphatic carboxylic acids is 1. The Balaban J connectivity index is 2.06. The fourth-order valence-corrected chi connectivity index (χ4v) is 5.48. The smallest absolute Gasteiger partial charge is 0.433 e. The Morgan fingerprint density at radius 2 is 1.63 bits per heavy atom. The summed E-state index contributed by atoms with van der Waals surface area (Å²) in [5, 5.41) is 12.6. The van der Waals surface area contributed by atoms with E-state index in [4.69, 9.17) is 23.2 Å². The summed E-state index contributed by atoms with van der Waals surface area (Å²) in [5.74, 6) is -4.88. The molecule has 0 saturated heterocycles. The quantitative estimate of drug-likeness (QED) is 0.261. The van der Waals surface area contributed by atoms with Crippen LogP contribution in [0.2, 0.25) is 10.0 Å². The second-order valence-electron chi connectivity index (χ2n) is 10.7. The lowest BCUT2D eigenvalue weighted by molar-refractivity contribution is -0.214. The van der Waals surface area contributed by atoms with Gasteiger partial charge in [-0.25, -0.2) is 0 Å². The van der Waals surface area contributed by atoms with E-state index in [-0.39, 0.29) is 34.9 Å². The zero-order valence-corrected chi connectivity index (χ0v) is 23.5. The van der Waals surface area contributed by atoms with Crippen molar-refractivity contribution in [2.75, 3.05) is 13.1 Å². The van der Waals surface area contributed by atoms with Crippen molar-refractivity contribution in [1.29, 1.82) is 0 Å². The van der Waals surface area contributed by atoms with Crippen molar-refractivity contribution in [2.45, 2.75) is 58.4 Å². The summed E-state index contributed by atoms with van der Waals surface area (Å²) in [7, 11) is 0. The van der Waals surface area contributed by atoms with Gasteiger partial charge in [-0.3, -0.25) is 24.0 Å². The number of carboxylic acid groups (broad SMARTS) is 1. The molecule has 1 amide bonds. The zero-order chi connectivity index (χ0) is 31.1. The average Bonchev–Trinajstić information content (AvgIpc) is 3.28. The van der Waals surface area contributed by atoms with Gasteiger partial charge in [-0.1, -0.05) is 30.1 Å². The maximum absolute atomic E-state index is 14.4. The summed E-state index contributed by atoms with van der Waals surface area (Å²) in [5.41, 5.74) is -5.55. The van der Waals surface area contributed by atoms with Crippen LogP contribution < -0.4 is 0 Å². The Kier molecular flexibility index (Phi) is 9.38. The minimum atomic E-state index is -5.17. The molecule has 41 heavy (non-hydrogen) atoms. The van der Waals surface area contributed by atoms with E-state index in [0.29, 0.717) is 15.8 Å². The van der Waals surface area contributed by atoms with Crippen molar-refractivity contribution in [1.82, 2.24) is 19.7 Å². The summed E-state index contributed by atoms with van der Waals surface area (Å²) >= 11 is 12.0. The van der Waals surface area contributed by atoms with Gasteiger partial charge in [0.25, 0.3) is 5.91 Å². The van der Waals surface area contributed by atoms with Gasteiger partial charge in [-0.05, 0) is 39.0 Å². The number of carbonyl (C=O) groups excluding carboxylic acids is 2. The first-order valence-corrected chi connectivity index (χ1v) is 13.1. The number of rotatable bonds is 8. The Hall–Kier alpha value is -2.87. The molecule has 3 atom stereocenters. The number of carboxylic acids is 1. The predicted molar refractivity (Wildman–Crippen MR) is 135 cm³/mol. The van der Waals surface area contributed by atoms with E-state index in [2.05, 4.69) is 10.1 Å². The molecule has 1 saturated carbocycles. The van der Waals surface area contributed by atoms with Gasteiger partial charge >= 0.3 is 18.3 Å². The highest BCUT2D eigenvalue weighted by Gasteiger charge is 2.50. The van der Waals surface area contributed by atoms with Gasteiger partial charge in [0.2, 0.25) is 0 Å². The lowest BCUT2D eigenvalue weighted by atomic mass is 9.78. The Labute approximate surface area is 240 Å². The number of pyridine rings is 1. The SMILES string of the molecule is CC1CC(n2ncc(C(=O)N(CC(=O)c3c(Cl)cncc3Cl)CC(C)(C)C(F)(F)F)c2C(F)(F)F)CCC1C(=O)O. The highest BCUT2D eigenvalue weighted by molar-refractivity contribution is 6.39. The number of hydrogen-bond acceptors (Lipinski definition) is 5. The third-order valence-corrected chi connectivity index (χ3v) is 7.78. The normalized spacial score (nSPS) is 20.1. The van der Waals surface area contributed by atoms with Crippen LogP contribution in [-0.2, 0) is 11.0 Å².